The van der Waals surface area contributed by atoms with Crippen LogP contribution in [-0.2, 0) is 12.8 Å². The van der Waals surface area contributed by atoms with Crippen LogP contribution < -0.4 is 11.1 Å². The Hall–Kier alpha value is -1.18. The summed E-state index contributed by atoms with van der Waals surface area (Å²) in [6, 6.07) is 3.50. The van der Waals surface area contributed by atoms with Crippen LogP contribution in [0.5, 0.6) is 0 Å². The summed E-state index contributed by atoms with van der Waals surface area (Å²) in [5.74, 6) is -0.0298. The van der Waals surface area contributed by atoms with Gasteiger partial charge in [0.25, 0.3) is 5.91 Å². The molecule has 3 N–H and O–H groups in total. The molecule has 0 bridgehead atoms. The Bertz CT molecular complexity index is 622. The number of nitrogens with two attached hydrogens (primary N) is 1. The molecule has 3 rings (SSSR count). The number of amides is 1. The normalized spacial score (nSPS) is 18.1. The van der Waals surface area contributed by atoms with Crippen molar-refractivity contribution in [3.63, 3.8) is 0 Å². The number of carbonyl (C=O) groups is 1. The van der Waals surface area contributed by atoms with Gasteiger partial charge in [-0.1, -0.05) is 0 Å². The quantitative estimate of drug-likeness (QED) is 0.879. The van der Waals surface area contributed by atoms with Gasteiger partial charge in [0.05, 0.1) is 5.69 Å². The third kappa shape index (κ3) is 2.72. The van der Waals surface area contributed by atoms with Crippen LogP contribution in [0, 0.1) is 0 Å². The summed E-state index contributed by atoms with van der Waals surface area (Å²) >= 11 is 4.66. The first-order valence-corrected chi connectivity index (χ1v) is 7.53. The van der Waals surface area contributed by atoms with Crippen LogP contribution in [0.3, 0.4) is 0 Å². The maximum absolute atomic E-state index is 11.9. The van der Waals surface area contributed by atoms with Gasteiger partial charge in [-0.3, -0.25) is 10.1 Å². The Kier molecular flexibility index (Phi) is 3.42. The molecule has 7 heteroatoms. The number of nitrogens with zero attached hydrogens (tertiary/aromatic N) is 1. The maximum Gasteiger partial charge on any atom is 0.293 e. The first-order valence-electron chi connectivity index (χ1n) is 5.92. The van der Waals surface area contributed by atoms with E-state index < -0.39 is 0 Å². The van der Waals surface area contributed by atoms with E-state index in [-0.39, 0.29) is 17.7 Å². The zero-order valence-electron chi connectivity index (χ0n) is 9.98. The van der Waals surface area contributed by atoms with Crippen LogP contribution in [0.1, 0.15) is 27.5 Å². The summed E-state index contributed by atoms with van der Waals surface area (Å²) in [4.78, 5) is 17.5. The summed E-state index contributed by atoms with van der Waals surface area (Å²) in [6.45, 7) is 0. The number of anilines is 1. The van der Waals surface area contributed by atoms with Crippen molar-refractivity contribution in [2.45, 2.75) is 25.3 Å². The molecule has 0 radical (unpaired) electrons. The number of hydrogen-bond acceptors (Lipinski definition) is 5. The molecule has 19 heavy (non-hydrogen) atoms. The number of furan rings is 1. The van der Waals surface area contributed by atoms with Crippen molar-refractivity contribution in [1.82, 2.24) is 4.98 Å². The number of aromatic nitrogens is 1. The van der Waals surface area contributed by atoms with Crippen molar-refractivity contribution < 1.29 is 9.21 Å². The van der Waals surface area contributed by atoms with Crippen LogP contribution in [0.15, 0.2) is 21.2 Å². The summed E-state index contributed by atoms with van der Waals surface area (Å²) in [5.41, 5.74) is 6.98. The minimum Gasteiger partial charge on any atom is -0.444 e. The van der Waals surface area contributed by atoms with Gasteiger partial charge in [-0.15, -0.1) is 11.3 Å². The van der Waals surface area contributed by atoms with Crippen LogP contribution in [0.4, 0.5) is 5.13 Å². The molecule has 0 unspecified atom stereocenters. The molecule has 0 aliphatic heterocycles. The van der Waals surface area contributed by atoms with Gasteiger partial charge < -0.3 is 10.2 Å². The molecule has 100 valence electrons. The molecule has 0 spiro atoms. The van der Waals surface area contributed by atoms with E-state index in [1.165, 1.54) is 16.2 Å². The topological polar surface area (TPSA) is 81.1 Å². The highest BCUT2D eigenvalue weighted by atomic mass is 79.9. The molecule has 2 heterocycles. The van der Waals surface area contributed by atoms with E-state index in [2.05, 4.69) is 26.2 Å². The second kappa shape index (κ2) is 5.07. The number of fused-ring (bicyclic) bond motifs is 1. The first-order chi connectivity index (χ1) is 9.11. The number of halogens is 1. The van der Waals surface area contributed by atoms with Gasteiger partial charge in [-0.2, -0.15) is 0 Å². The molecular formula is C12H12BrN3O2S. The highest BCUT2D eigenvalue weighted by Gasteiger charge is 2.21. The van der Waals surface area contributed by atoms with Crippen LogP contribution in [0.2, 0.25) is 0 Å². The smallest absolute Gasteiger partial charge is 0.293 e. The van der Waals surface area contributed by atoms with Crippen molar-refractivity contribution in [3.8, 4) is 0 Å². The van der Waals surface area contributed by atoms with Crippen molar-refractivity contribution in [3.05, 3.63) is 33.1 Å². The summed E-state index contributed by atoms with van der Waals surface area (Å²) in [7, 11) is 0. The molecule has 0 aromatic carbocycles. The van der Waals surface area contributed by atoms with Crippen LogP contribution in [-0.4, -0.2) is 16.9 Å². The monoisotopic (exact) mass is 341 g/mol. The third-order valence-corrected chi connectivity index (χ3v) is 4.46. The van der Waals surface area contributed by atoms with Crippen molar-refractivity contribution in [2.24, 2.45) is 5.73 Å². The Balaban J connectivity index is 1.75. The third-order valence-electron chi connectivity index (χ3n) is 3.00. The first kappa shape index (κ1) is 12.8. The lowest BCUT2D eigenvalue weighted by molar-refractivity contribution is 0.0995. The lowest BCUT2D eigenvalue weighted by Crippen LogP contribution is -2.27. The SMILES string of the molecule is N[C@H]1CCc2nc(NC(=O)c3ccc(Br)o3)sc2C1. The van der Waals surface area contributed by atoms with Gasteiger partial charge in [0, 0.05) is 10.9 Å². The minimum absolute atomic E-state index is 0.206. The second-order valence-electron chi connectivity index (χ2n) is 4.45. The Morgan fingerprint density at radius 1 is 1.58 bits per heavy atom. The zero-order valence-corrected chi connectivity index (χ0v) is 12.4. The van der Waals surface area contributed by atoms with E-state index in [0.29, 0.717) is 9.80 Å². The summed E-state index contributed by atoms with van der Waals surface area (Å²) in [5, 5.41) is 3.36. The van der Waals surface area contributed by atoms with Crippen molar-refractivity contribution >= 4 is 38.3 Å². The Morgan fingerprint density at radius 3 is 3.16 bits per heavy atom. The molecule has 1 amide bonds. The lowest BCUT2D eigenvalue weighted by atomic mass is 9.99. The number of carbonyl (C=O) groups excluding carboxylic acids is 1. The van der Waals surface area contributed by atoms with E-state index in [0.717, 1.165) is 25.0 Å². The fourth-order valence-electron chi connectivity index (χ4n) is 2.05. The number of aryl methyl sites for hydroxylation is 1. The van der Waals surface area contributed by atoms with Crippen molar-refractivity contribution in [1.29, 1.82) is 0 Å². The van der Waals surface area contributed by atoms with E-state index in [1.54, 1.807) is 12.1 Å². The van der Waals surface area contributed by atoms with E-state index in [9.17, 15) is 4.79 Å². The maximum atomic E-state index is 11.9. The predicted octanol–water partition coefficient (Wildman–Crippen LogP) is 2.57. The highest BCUT2D eigenvalue weighted by Crippen LogP contribution is 2.29. The van der Waals surface area contributed by atoms with Gasteiger partial charge in [0.2, 0.25) is 0 Å². The average molecular weight is 342 g/mol. The largest absolute Gasteiger partial charge is 0.444 e. The van der Waals surface area contributed by atoms with Gasteiger partial charge in [-0.05, 0) is 47.3 Å². The highest BCUT2D eigenvalue weighted by molar-refractivity contribution is 9.10. The van der Waals surface area contributed by atoms with Gasteiger partial charge >= 0.3 is 0 Å². The van der Waals surface area contributed by atoms with Gasteiger partial charge in [0.15, 0.2) is 15.6 Å². The molecule has 2 aromatic heterocycles. The number of nitrogens with one attached hydrogen (secondary N) is 1. The zero-order chi connectivity index (χ0) is 13.4. The summed E-state index contributed by atoms with van der Waals surface area (Å²) < 4.78 is 5.73. The van der Waals surface area contributed by atoms with Gasteiger partial charge in [0.1, 0.15) is 0 Å². The molecular weight excluding hydrogens is 330 g/mol. The predicted molar refractivity (Wildman–Crippen MR) is 76.5 cm³/mol. The standard InChI is InChI=1S/C12H12BrN3O2S/c13-10-4-3-8(18-10)11(17)16-12-15-7-2-1-6(14)5-9(7)19-12/h3-4,6H,1-2,5,14H2,(H,15,16,17)/t6-/m0/s1. The minimum atomic E-state index is -0.291. The fraction of sp³-hybridized carbons (Fsp3) is 0.333. The molecule has 2 aromatic rings. The Morgan fingerprint density at radius 2 is 2.42 bits per heavy atom. The molecule has 0 saturated heterocycles. The van der Waals surface area contributed by atoms with E-state index in [4.69, 9.17) is 10.2 Å². The molecule has 1 aliphatic rings. The lowest BCUT2D eigenvalue weighted by Gasteiger charge is -2.15. The number of rotatable bonds is 2. The number of hydrogen-bond donors (Lipinski definition) is 2. The summed E-state index contributed by atoms with van der Waals surface area (Å²) in [6.07, 6.45) is 2.68. The van der Waals surface area contributed by atoms with Crippen LogP contribution in [0.25, 0.3) is 0 Å². The average Bonchev–Trinajstić information content (AvgIpc) is 2.94. The second-order valence-corrected chi connectivity index (χ2v) is 6.31. The fourth-order valence-corrected chi connectivity index (χ4v) is 3.45. The molecule has 1 aliphatic carbocycles. The molecule has 0 fully saturated rings. The van der Waals surface area contributed by atoms with E-state index in [1.807, 2.05) is 0 Å². The van der Waals surface area contributed by atoms with Crippen molar-refractivity contribution in [2.75, 3.05) is 5.32 Å². The molecule has 5 nitrogen and oxygen atoms in total. The molecule has 0 saturated carbocycles. The van der Waals surface area contributed by atoms with Crippen LogP contribution >= 0.6 is 27.3 Å². The van der Waals surface area contributed by atoms with E-state index >= 15 is 0 Å². The van der Waals surface area contributed by atoms with Gasteiger partial charge in [-0.25, -0.2) is 4.98 Å². The molecule has 1 atom stereocenters. The Labute approximate surface area is 122 Å². The number of thiazole rings is 1.